The summed E-state index contributed by atoms with van der Waals surface area (Å²) in [5, 5.41) is 12.1. The maximum absolute atomic E-state index is 13.0. The quantitative estimate of drug-likeness (QED) is 0.314. The van der Waals surface area contributed by atoms with Crippen molar-refractivity contribution >= 4 is 28.1 Å². The number of carbonyl (C=O) groups is 2. The molecule has 0 aromatic heterocycles. The van der Waals surface area contributed by atoms with E-state index in [4.69, 9.17) is 9.94 Å². The molecule has 1 saturated carbocycles. The summed E-state index contributed by atoms with van der Waals surface area (Å²) in [7, 11) is -2.77. The molecule has 0 bridgehead atoms. The van der Waals surface area contributed by atoms with E-state index in [-0.39, 0.29) is 5.91 Å². The van der Waals surface area contributed by atoms with E-state index in [9.17, 15) is 18.7 Å². The van der Waals surface area contributed by atoms with Crippen LogP contribution >= 0.6 is 10.6 Å². The smallest absolute Gasteiger partial charge is 0.251 e. The maximum atomic E-state index is 13.0. The lowest BCUT2D eigenvalue weighted by atomic mass is 9.96. The van der Waals surface area contributed by atoms with Crippen LogP contribution in [0.5, 0.6) is 0 Å². The van der Waals surface area contributed by atoms with Gasteiger partial charge in [-0.1, -0.05) is 24.3 Å². The second-order valence-electron chi connectivity index (χ2n) is 9.66. The molecule has 2 amide bonds. The molecule has 188 valence electrons. The number of carbonyl (C=O) groups excluding carboxylic acids is 2. The fourth-order valence-corrected chi connectivity index (χ4v) is 7.14. The summed E-state index contributed by atoms with van der Waals surface area (Å²) in [6.07, 6.45) is 2.79. The summed E-state index contributed by atoms with van der Waals surface area (Å²) in [6.45, 7) is 1.76. The minimum Gasteiger partial charge on any atom is -0.375 e. The summed E-state index contributed by atoms with van der Waals surface area (Å²) in [5.41, 5.74) is 3.62. The number of ether oxygens (including phenoxy) is 1. The van der Waals surface area contributed by atoms with Crippen molar-refractivity contribution in [1.82, 2.24) is 10.8 Å². The molecule has 0 unspecified atom stereocenters. The van der Waals surface area contributed by atoms with E-state index in [0.717, 1.165) is 24.1 Å². The predicted molar refractivity (Wildman–Crippen MR) is 132 cm³/mol. The van der Waals surface area contributed by atoms with Crippen LogP contribution in [0.3, 0.4) is 0 Å². The number of nitrogens with one attached hydrogen (secondary N) is 2. The van der Waals surface area contributed by atoms with Gasteiger partial charge in [-0.25, -0.2) is 5.48 Å². The first-order valence-corrected chi connectivity index (χ1v) is 13.6. The van der Waals surface area contributed by atoms with Crippen LogP contribution in [0.1, 0.15) is 41.6 Å². The van der Waals surface area contributed by atoms with Gasteiger partial charge in [0.1, 0.15) is 0 Å². The second-order valence-corrected chi connectivity index (χ2v) is 11.8. The molecular formula is C25H31N3O6S. The van der Waals surface area contributed by atoms with Gasteiger partial charge in [-0.05, 0) is 55.5 Å². The zero-order chi connectivity index (χ0) is 24.6. The van der Waals surface area contributed by atoms with Crippen LogP contribution in [0.2, 0.25) is 0 Å². The van der Waals surface area contributed by atoms with Gasteiger partial charge in [0.05, 0.1) is 27.9 Å². The molecule has 1 spiro atoms. The highest BCUT2D eigenvalue weighted by Gasteiger charge is 2.51. The fraction of sp³-hybridized carbons (Fsp3) is 0.440. The second kappa shape index (κ2) is 9.44. The molecule has 2 heterocycles. The van der Waals surface area contributed by atoms with Crippen molar-refractivity contribution in [2.75, 3.05) is 23.8 Å². The number of hydrogen-bond donors (Lipinski definition) is 5. The molecule has 2 aromatic rings. The molecular weight excluding hydrogens is 470 g/mol. The number of benzene rings is 2. The molecule has 2 aromatic carbocycles. The van der Waals surface area contributed by atoms with Gasteiger partial charge in [-0.2, -0.15) is 10.6 Å². The van der Waals surface area contributed by atoms with E-state index >= 15 is 0 Å². The Bertz CT molecular complexity index is 1100. The van der Waals surface area contributed by atoms with Crippen LogP contribution in [-0.2, 0) is 16.1 Å². The molecule has 3 atom stereocenters. The summed E-state index contributed by atoms with van der Waals surface area (Å²) < 4.78 is 26.7. The molecule has 9 nitrogen and oxygen atoms in total. The van der Waals surface area contributed by atoms with Gasteiger partial charge in [-0.3, -0.25) is 23.9 Å². The van der Waals surface area contributed by atoms with Gasteiger partial charge in [0.2, 0.25) is 5.91 Å². The van der Waals surface area contributed by atoms with Gasteiger partial charge >= 0.3 is 0 Å². The Balaban J connectivity index is 1.26. The fourth-order valence-electron chi connectivity index (χ4n) is 5.62. The summed E-state index contributed by atoms with van der Waals surface area (Å²) in [4.78, 5) is 27.9. The van der Waals surface area contributed by atoms with Crippen molar-refractivity contribution < 1.29 is 28.6 Å². The minimum absolute atomic E-state index is 0.274. The van der Waals surface area contributed by atoms with Crippen molar-refractivity contribution in [3.05, 3.63) is 59.7 Å². The third-order valence-corrected chi connectivity index (χ3v) is 9.21. The number of rotatable bonds is 5. The number of hydrogen-bond acceptors (Lipinski definition) is 7. The monoisotopic (exact) mass is 501 g/mol. The van der Waals surface area contributed by atoms with Gasteiger partial charge in [0, 0.05) is 31.3 Å². The largest absolute Gasteiger partial charge is 0.375 e. The van der Waals surface area contributed by atoms with Gasteiger partial charge in [0.25, 0.3) is 5.91 Å². The average molecular weight is 502 g/mol. The predicted octanol–water partition coefficient (Wildman–Crippen LogP) is 3.38. The highest BCUT2D eigenvalue weighted by atomic mass is 32.3. The summed E-state index contributed by atoms with van der Waals surface area (Å²) in [5.74, 6) is -1.03. The third kappa shape index (κ3) is 4.76. The standard InChI is InChI=1S/C25H31N3O6S/c29-23(26-20-15-25(10-3-12-34-25)14-19(20)24(30)27-31)18-8-6-17(7-9-18)16-28-11-13-35(32,33)22-5-2-1-4-21(22)28/h1-2,4-9,19-20,31-33H,3,10-16H2,(H,26,29)(H,27,30)/t19-,20+,25+/m0/s1. The summed E-state index contributed by atoms with van der Waals surface area (Å²) in [6, 6.07) is 14.2. The van der Waals surface area contributed by atoms with E-state index in [2.05, 4.69) is 10.2 Å². The molecule has 5 rings (SSSR count). The number of nitrogens with zero attached hydrogens (tertiary/aromatic N) is 1. The maximum Gasteiger partial charge on any atom is 0.251 e. The first-order chi connectivity index (χ1) is 16.8. The molecule has 1 saturated heterocycles. The van der Waals surface area contributed by atoms with Gasteiger partial charge in [-0.15, -0.1) is 0 Å². The van der Waals surface area contributed by atoms with Gasteiger partial charge < -0.3 is 15.0 Å². The van der Waals surface area contributed by atoms with Crippen LogP contribution in [0.4, 0.5) is 5.69 Å². The van der Waals surface area contributed by atoms with Crippen LogP contribution in [0.25, 0.3) is 0 Å². The van der Waals surface area contributed by atoms with E-state index in [1.807, 2.05) is 30.3 Å². The average Bonchev–Trinajstić information content (AvgIpc) is 3.47. The molecule has 10 heteroatoms. The lowest BCUT2D eigenvalue weighted by Crippen LogP contribution is -2.43. The van der Waals surface area contributed by atoms with E-state index < -0.39 is 34.1 Å². The molecule has 2 fully saturated rings. The number of hydroxylamine groups is 1. The van der Waals surface area contributed by atoms with Crippen molar-refractivity contribution in [2.24, 2.45) is 5.92 Å². The molecule has 35 heavy (non-hydrogen) atoms. The van der Waals surface area contributed by atoms with E-state index in [1.54, 1.807) is 23.7 Å². The molecule has 0 radical (unpaired) electrons. The zero-order valence-electron chi connectivity index (χ0n) is 19.4. The van der Waals surface area contributed by atoms with E-state index in [1.165, 1.54) is 0 Å². The van der Waals surface area contributed by atoms with Crippen LogP contribution in [0, 0.1) is 5.92 Å². The normalized spacial score (nSPS) is 27.9. The van der Waals surface area contributed by atoms with Crippen molar-refractivity contribution in [2.45, 2.75) is 48.8 Å². The Labute approximate surface area is 205 Å². The van der Waals surface area contributed by atoms with Crippen LogP contribution in [0.15, 0.2) is 53.4 Å². The highest BCUT2D eigenvalue weighted by Crippen LogP contribution is 2.55. The molecule has 5 N–H and O–H groups in total. The number of fused-ring (bicyclic) bond motifs is 1. The van der Waals surface area contributed by atoms with Crippen molar-refractivity contribution in [3.63, 3.8) is 0 Å². The summed E-state index contributed by atoms with van der Waals surface area (Å²) >= 11 is 0. The van der Waals surface area contributed by atoms with Crippen LogP contribution < -0.4 is 15.7 Å². The minimum atomic E-state index is -2.77. The Morgan fingerprint density at radius 1 is 1.11 bits per heavy atom. The van der Waals surface area contributed by atoms with Crippen molar-refractivity contribution in [1.29, 1.82) is 0 Å². The highest BCUT2D eigenvalue weighted by molar-refractivity contribution is 8.24. The molecule has 3 aliphatic rings. The number of anilines is 1. The Kier molecular flexibility index (Phi) is 6.49. The first kappa shape index (κ1) is 24.1. The molecule has 1 aliphatic carbocycles. The number of amides is 2. The van der Waals surface area contributed by atoms with Gasteiger partial charge in [0.15, 0.2) is 0 Å². The number of para-hydroxylation sites is 1. The lowest BCUT2D eigenvalue weighted by molar-refractivity contribution is -0.134. The molecule has 2 aliphatic heterocycles. The first-order valence-electron chi connectivity index (χ1n) is 11.9. The Hall–Kier alpha value is -2.63. The van der Waals surface area contributed by atoms with Crippen LogP contribution in [-0.4, -0.2) is 56.7 Å². The van der Waals surface area contributed by atoms with E-state index in [0.29, 0.717) is 48.7 Å². The third-order valence-electron chi connectivity index (χ3n) is 7.41. The Morgan fingerprint density at radius 2 is 1.89 bits per heavy atom. The Morgan fingerprint density at radius 3 is 2.60 bits per heavy atom. The van der Waals surface area contributed by atoms with Crippen molar-refractivity contribution in [3.8, 4) is 0 Å². The zero-order valence-corrected chi connectivity index (χ0v) is 20.2. The SMILES string of the molecule is O=C(N[C@@H]1C[C@@]2(CCCO2)C[C@@H]1C(=O)NO)c1ccc(CN2CCS(O)(O)c3ccccc32)cc1. The lowest BCUT2D eigenvalue weighted by Gasteiger charge is -2.43. The topological polar surface area (TPSA) is 131 Å².